The van der Waals surface area contributed by atoms with E-state index in [1.54, 1.807) is 32.3 Å². The predicted octanol–water partition coefficient (Wildman–Crippen LogP) is 5.77. The van der Waals surface area contributed by atoms with Crippen LogP contribution < -0.4 is 27.0 Å². The second kappa shape index (κ2) is 14.4. The molecule has 1 saturated heterocycles. The lowest BCUT2D eigenvalue weighted by molar-refractivity contribution is 0.0968. The van der Waals surface area contributed by atoms with Gasteiger partial charge in [-0.05, 0) is 38.3 Å². The standard InChI is InChI=1S/C28H25Cl2N7O3.C5H10O/c1-14-11-21-22(27(38)37(3)28(39)36(21)2)25(33-14)34-18-10-6-8-16(24(18)30)15-7-5-9-17(23(15)29)20-13-32-19(12-31)26(35-20)40-4;1-2-4-6-5-3-1/h5-11,13H,12,31H2,1-4H3,(H,33,34);1-5H2. The zero-order valence-electron chi connectivity index (χ0n) is 26.1. The topological polar surface area (TPSA) is 139 Å². The van der Waals surface area contributed by atoms with E-state index in [0.717, 1.165) is 17.8 Å². The van der Waals surface area contributed by atoms with Gasteiger partial charge in [0, 0.05) is 56.2 Å². The minimum absolute atomic E-state index is 0.188. The van der Waals surface area contributed by atoms with E-state index in [0.29, 0.717) is 60.9 Å². The third kappa shape index (κ3) is 6.63. The van der Waals surface area contributed by atoms with Crippen LogP contribution in [0.25, 0.3) is 33.3 Å². The van der Waals surface area contributed by atoms with Gasteiger partial charge in [-0.2, -0.15) is 0 Å². The van der Waals surface area contributed by atoms with Crippen molar-refractivity contribution in [1.82, 2.24) is 24.1 Å². The first-order chi connectivity index (χ1) is 22.2. The summed E-state index contributed by atoms with van der Waals surface area (Å²) >= 11 is 13.8. The molecular formula is C33H35Cl2N7O4. The van der Waals surface area contributed by atoms with Crippen molar-refractivity contribution in [3.05, 3.63) is 90.9 Å². The normalized spacial score (nSPS) is 12.8. The number of nitrogens with zero attached hydrogens (tertiary/aromatic N) is 5. The molecule has 0 bridgehead atoms. The van der Waals surface area contributed by atoms with E-state index in [1.807, 2.05) is 30.3 Å². The molecule has 0 atom stereocenters. The summed E-state index contributed by atoms with van der Waals surface area (Å²) in [6.45, 7) is 3.97. The van der Waals surface area contributed by atoms with Crippen LogP contribution in [0.5, 0.6) is 5.88 Å². The molecule has 0 unspecified atom stereocenters. The Morgan fingerprint density at radius 3 is 2.26 bits per heavy atom. The molecule has 5 aromatic rings. The SMILES string of the molecule is C1CCOCC1.COc1nc(-c2cccc(-c3cccc(Nc4nc(C)cc5c4c(=O)n(C)c(=O)n5C)c3Cl)c2Cl)cnc1CN. The number of nitrogens with one attached hydrogen (secondary N) is 1. The number of halogens is 2. The van der Waals surface area contributed by atoms with Crippen LogP contribution in [-0.4, -0.2) is 44.4 Å². The average molecular weight is 665 g/mol. The van der Waals surface area contributed by atoms with E-state index in [2.05, 4.69) is 20.3 Å². The van der Waals surface area contributed by atoms with Gasteiger partial charge in [-0.1, -0.05) is 53.5 Å². The fourth-order valence-corrected chi connectivity index (χ4v) is 5.82. The molecule has 13 heteroatoms. The maximum Gasteiger partial charge on any atom is 0.330 e. The average Bonchev–Trinajstić information content (AvgIpc) is 3.08. The molecule has 0 amide bonds. The number of hydrogen-bond acceptors (Lipinski definition) is 9. The van der Waals surface area contributed by atoms with E-state index in [4.69, 9.17) is 38.4 Å². The molecule has 3 N–H and O–H groups in total. The molecule has 1 aliphatic heterocycles. The quantitative estimate of drug-likeness (QED) is 0.232. The van der Waals surface area contributed by atoms with Gasteiger partial charge < -0.3 is 20.5 Å². The number of rotatable bonds is 6. The van der Waals surface area contributed by atoms with Crippen LogP contribution >= 0.6 is 23.2 Å². The summed E-state index contributed by atoms with van der Waals surface area (Å²) in [4.78, 5) is 39.0. The lowest BCUT2D eigenvalue weighted by Crippen LogP contribution is -2.37. The summed E-state index contributed by atoms with van der Waals surface area (Å²) in [7, 11) is 4.55. The fraction of sp³-hybridized carbons (Fsp3) is 0.303. The second-order valence-electron chi connectivity index (χ2n) is 10.8. The van der Waals surface area contributed by atoms with Crippen LogP contribution in [0.4, 0.5) is 11.5 Å². The van der Waals surface area contributed by atoms with Crippen LogP contribution in [0.15, 0.2) is 58.3 Å². The maximum atomic E-state index is 13.1. The number of nitrogens with two attached hydrogens (primary N) is 1. The van der Waals surface area contributed by atoms with Crippen LogP contribution in [0.3, 0.4) is 0 Å². The van der Waals surface area contributed by atoms with E-state index < -0.39 is 11.2 Å². The van der Waals surface area contributed by atoms with Crippen LogP contribution in [-0.2, 0) is 25.4 Å². The predicted molar refractivity (Wildman–Crippen MR) is 182 cm³/mol. The summed E-state index contributed by atoms with van der Waals surface area (Å²) in [5, 5.41) is 4.26. The third-order valence-electron chi connectivity index (χ3n) is 7.67. The Morgan fingerprint density at radius 2 is 1.63 bits per heavy atom. The highest BCUT2D eigenvalue weighted by Gasteiger charge is 2.19. The van der Waals surface area contributed by atoms with Gasteiger partial charge in [0.1, 0.15) is 16.9 Å². The Labute approximate surface area is 275 Å². The number of aryl methyl sites for hydroxylation is 2. The first kappa shape index (κ1) is 33.1. The highest BCUT2D eigenvalue weighted by molar-refractivity contribution is 6.39. The molecule has 240 valence electrons. The lowest BCUT2D eigenvalue weighted by Gasteiger charge is -2.16. The number of fused-ring (bicyclic) bond motifs is 1. The summed E-state index contributed by atoms with van der Waals surface area (Å²) in [6.07, 6.45) is 5.53. The largest absolute Gasteiger partial charge is 0.480 e. The van der Waals surface area contributed by atoms with E-state index in [1.165, 1.54) is 38.0 Å². The maximum absolute atomic E-state index is 13.1. The number of methoxy groups -OCH3 is 1. The summed E-state index contributed by atoms with van der Waals surface area (Å²) in [6, 6.07) is 12.7. The van der Waals surface area contributed by atoms with E-state index in [-0.39, 0.29) is 17.7 Å². The number of pyridine rings is 1. The number of hydrogen-bond donors (Lipinski definition) is 2. The molecule has 1 aliphatic rings. The second-order valence-corrected chi connectivity index (χ2v) is 11.5. The van der Waals surface area contributed by atoms with Gasteiger partial charge in [-0.25, -0.2) is 14.8 Å². The number of ether oxygens (including phenoxy) is 2. The molecule has 6 rings (SSSR count). The van der Waals surface area contributed by atoms with Crippen LogP contribution in [0, 0.1) is 6.92 Å². The molecule has 4 heterocycles. The Kier molecular flexibility index (Phi) is 10.4. The molecule has 11 nitrogen and oxygen atoms in total. The first-order valence-corrected chi connectivity index (χ1v) is 15.5. The number of benzene rings is 2. The van der Waals surface area contributed by atoms with Gasteiger partial charge in [-0.3, -0.25) is 18.9 Å². The molecule has 3 aromatic heterocycles. The van der Waals surface area contributed by atoms with Crippen molar-refractivity contribution in [2.45, 2.75) is 32.7 Å². The van der Waals surface area contributed by atoms with Gasteiger partial charge in [0.15, 0.2) is 0 Å². The highest BCUT2D eigenvalue weighted by Crippen LogP contribution is 2.42. The van der Waals surface area contributed by atoms with Gasteiger partial charge >= 0.3 is 5.69 Å². The minimum Gasteiger partial charge on any atom is -0.480 e. The molecule has 0 aliphatic carbocycles. The Bertz CT molecular complexity index is 2010. The smallest absolute Gasteiger partial charge is 0.330 e. The summed E-state index contributed by atoms with van der Waals surface area (Å²) in [5.41, 5.74) is 9.43. The Balaban J connectivity index is 0.000000624. The highest BCUT2D eigenvalue weighted by atomic mass is 35.5. The van der Waals surface area contributed by atoms with Gasteiger partial charge in [0.2, 0.25) is 5.88 Å². The van der Waals surface area contributed by atoms with Crippen molar-refractivity contribution in [3.63, 3.8) is 0 Å². The molecule has 46 heavy (non-hydrogen) atoms. The van der Waals surface area contributed by atoms with Crippen molar-refractivity contribution in [2.24, 2.45) is 19.8 Å². The fourth-order valence-electron chi connectivity index (χ4n) is 5.22. The number of anilines is 2. The van der Waals surface area contributed by atoms with Gasteiger partial charge in [-0.15, -0.1) is 0 Å². The molecular weight excluding hydrogens is 629 g/mol. The Hall–Kier alpha value is -4.29. The van der Waals surface area contributed by atoms with Crippen molar-refractivity contribution in [3.8, 4) is 28.3 Å². The number of aromatic nitrogens is 5. The molecule has 0 spiro atoms. The van der Waals surface area contributed by atoms with Crippen LogP contribution in [0.1, 0.15) is 30.7 Å². The van der Waals surface area contributed by atoms with Crippen molar-refractivity contribution in [1.29, 1.82) is 0 Å². The van der Waals surface area contributed by atoms with Crippen molar-refractivity contribution < 1.29 is 9.47 Å². The molecule has 1 fully saturated rings. The first-order valence-electron chi connectivity index (χ1n) is 14.8. The minimum atomic E-state index is -0.465. The monoisotopic (exact) mass is 663 g/mol. The van der Waals surface area contributed by atoms with E-state index in [9.17, 15) is 9.59 Å². The molecule has 0 saturated carbocycles. The zero-order chi connectivity index (χ0) is 33.0. The zero-order valence-corrected chi connectivity index (χ0v) is 27.6. The van der Waals surface area contributed by atoms with E-state index >= 15 is 0 Å². The van der Waals surface area contributed by atoms with Gasteiger partial charge in [0.25, 0.3) is 5.56 Å². The lowest BCUT2D eigenvalue weighted by atomic mass is 10.0. The summed E-state index contributed by atoms with van der Waals surface area (Å²) in [5.74, 6) is 0.611. The Morgan fingerprint density at radius 1 is 0.957 bits per heavy atom. The molecule has 2 aromatic carbocycles. The third-order valence-corrected chi connectivity index (χ3v) is 8.49. The molecule has 0 radical (unpaired) electrons. The summed E-state index contributed by atoms with van der Waals surface area (Å²) < 4.78 is 12.9. The van der Waals surface area contributed by atoms with Crippen molar-refractivity contribution in [2.75, 3.05) is 25.6 Å². The van der Waals surface area contributed by atoms with Gasteiger partial charge in [0.05, 0.1) is 40.2 Å². The van der Waals surface area contributed by atoms with Crippen LogP contribution in [0.2, 0.25) is 10.0 Å². The van der Waals surface area contributed by atoms with Crippen molar-refractivity contribution >= 4 is 45.6 Å².